The fourth-order valence-corrected chi connectivity index (χ4v) is 2.41. The number of hydrogen-bond acceptors (Lipinski definition) is 3. The molecular weight excluding hydrogens is 244 g/mol. The third-order valence-corrected chi connectivity index (χ3v) is 3.41. The molecule has 3 heteroatoms. The molecule has 2 nitrogen and oxygen atoms in total. The standard InChI is InChI=1S/C15H16O2S/c1-10(2)17-13-7-6-12(9-11(13)3)15(16)14-5-4-8-18-14/h4-10H,1-3H3. The zero-order valence-corrected chi connectivity index (χ0v) is 11.6. The second-order valence-corrected chi connectivity index (χ2v) is 5.40. The monoisotopic (exact) mass is 260 g/mol. The van der Waals surface area contributed by atoms with Crippen LogP contribution in [-0.4, -0.2) is 11.9 Å². The maximum Gasteiger partial charge on any atom is 0.202 e. The molecule has 0 amide bonds. The van der Waals surface area contributed by atoms with Crippen LogP contribution in [0.4, 0.5) is 0 Å². The van der Waals surface area contributed by atoms with E-state index in [0.29, 0.717) is 5.56 Å². The Morgan fingerprint density at radius 1 is 1.28 bits per heavy atom. The van der Waals surface area contributed by atoms with Crippen LogP contribution in [0.3, 0.4) is 0 Å². The Hall–Kier alpha value is -1.61. The van der Waals surface area contributed by atoms with Crippen LogP contribution >= 0.6 is 11.3 Å². The van der Waals surface area contributed by atoms with Gasteiger partial charge in [-0.1, -0.05) is 6.07 Å². The van der Waals surface area contributed by atoms with E-state index in [1.165, 1.54) is 11.3 Å². The molecule has 1 aromatic carbocycles. The van der Waals surface area contributed by atoms with Crippen molar-refractivity contribution in [3.8, 4) is 5.75 Å². The summed E-state index contributed by atoms with van der Waals surface area (Å²) in [7, 11) is 0. The predicted molar refractivity (Wildman–Crippen MR) is 74.7 cm³/mol. The van der Waals surface area contributed by atoms with Crippen molar-refractivity contribution in [3.05, 3.63) is 51.7 Å². The van der Waals surface area contributed by atoms with Crippen molar-refractivity contribution >= 4 is 17.1 Å². The van der Waals surface area contributed by atoms with Gasteiger partial charge in [-0.15, -0.1) is 11.3 Å². The van der Waals surface area contributed by atoms with Crippen molar-refractivity contribution in [2.24, 2.45) is 0 Å². The van der Waals surface area contributed by atoms with E-state index in [1.54, 1.807) is 0 Å². The first-order valence-electron chi connectivity index (χ1n) is 5.93. The molecule has 1 heterocycles. The largest absolute Gasteiger partial charge is 0.491 e. The van der Waals surface area contributed by atoms with E-state index >= 15 is 0 Å². The Morgan fingerprint density at radius 3 is 2.61 bits per heavy atom. The van der Waals surface area contributed by atoms with Crippen molar-refractivity contribution in [1.82, 2.24) is 0 Å². The van der Waals surface area contributed by atoms with Gasteiger partial charge in [-0.2, -0.15) is 0 Å². The molecule has 0 aliphatic carbocycles. The number of hydrogen-bond donors (Lipinski definition) is 0. The van der Waals surface area contributed by atoms with Crippen LogP contribution < -0.4 is 4.74 Å². The maximum atomic E-state index is 12.2. The van der Waals surface area contributed by atoms with Crippen LogP contribution in [-0.2, 0) is 0 Å². The fraction of sp³-hybridized carbons (Fsp3) is 0.267. The first-order valence-corrected chi connectivity index (χ1v) is 6.81. The lowest BCUT2D eigenvalue weighted by molar-refractivity contribution is 0.104. The minimum atomic E-state index is 0.0733. The van der Waals surface area contributed by atoms with Gasteiger partial charge in [0, 0.05) is 5.56 Å². The van der Waals surface area contributed by atoms with E-state index in [2.05, 4.69) is 0 Å². The fourth-order valence-electron chi connectivity index (χ4n) is 1.73. The van der Waals surface area contributed by atoms with E-state index < -0.39 is 0 Å². The molecule has 0 aliphatic heterocycles. The average Bonchev–Trinajstić information content (AvgIpc) is 2.84. The van der Waals surface area contributed by atoms with Crippen LogP contribution in [0.2, 0.25) is 0 Å². The molecule has 1 aromatic heterocycles. The molecule has 0 atom stereocenters. The number of rotatable bonds is 4. The van der Waals surface area contributed by atoms with Crippen molar-refractivity contribution in [3.63, 3.8) is 0 Å². The van der Waals surface area contributed by atoms with Gasteiger partial charge in [-0.3, -0.25) is 4.79 Å². The Labute approximate surface area is 111 Å². The molecule has 0 N–H and O–H groups in total. The Kier molecular flexibility index (Phi) is 3.82. The zero-order chi connectivity index (χ0) is 13.1. The number of aryl methyl sites for hydroxylation is 1. The summed E-state index contributed by atoms with van der Waals surface area (Å²) in [4.78, 5) is 12.9. The summed E-state index contributed by atoms with van der Waals surface area (Å²) in [5.74, 6) is 0.914. The van der Waals surface area contributed by atoms with Crippen molar-refractivity contribution in [2.75, 3.05) is 0 Å². The van der Waals surface area contributed by atoms with Gasteiger partial charge in [0.2, 0.25) is 5.78 Å². The molecule has 18 heavy (non-hydrogen) atoms. The minimum Gasteiger partial charge on any atom is -0.491 e. The minimum absolute atomic E-state index is 0.0733. The third-order valence-electron chi connectivity index (χ3n) is 2.54. The van der Waals surface area contributed by atoms with Gasteiger partial charge < -0.3 is 4.74 Å². The van der Waals surface area contributed by atoms with Gasteiger partial charge in [-0.25, -0.2) is 0 Å². The molecule has 0 fully saturated rings. The van der Waals surface area contributed by atoms with E-state index in [4.69, 9.17) is 4.74 Å². The molecule has 94 valence electrons. The Morgan fingerprint density at radius 2 is 2.06 bits per heavy atom. The summed E-state index contributed by atoms with van der Waals surface area (Å²) in [6, 6.07) is 9.32. The summed E-state index contributed by atoms with van der Waals surface area (Å²) in [5.41, 5.74) is 1.71. The highest BCUT2D eigenvalue weighted by molar-refractivity contribution is 7.12. The number of carbonyl (C=O) groups excluding carboxylic acids is 1. The highest BCUT2D eigenvalue weighted by Crippen LogP contribution is 2.23. The summed E-state index contributed by atoms with van der Waals surface area (Å²) in [5, 5.41) is 1.91. The van der Waals surface area contributed by atoms with Gasteiger partial charge >= 0.3 is 0 Å². The number of carbonyl (C=O) groups is 1. The van der Waals surface area contributed by atoms with E-state index in [-0.39, 0.29) is 11.9 Å². The molecule has 0 radical (unpaired) electrons. The lowest BCUT2D eigenvalue weighted by Crippen LogP contribution is -2.07. The second kappa shape index (κ2) is 5.36. The molecule has 0 unspecified atom stereocenters. The van der Waals surface area contributed by atoms with Crippen LogP contribution in [0, 0.1) is 6.92 Å². The van der Waals surface area contributed by atoms with Crippen LogP contribution in [0.1, 0.15) is 34.6 Å². The zero-order valence-electron chi connectivity index (χ0n) is 10.8. The molecule has 0 spiro atoms. The number of ketones is 1. The van der Waals surface area contributed by atoms with E-state index in [0.717, 1.165) is 16.2 Å². The third kappa shape index (κ3) is 2.79. The molecule has 0 aliphatic rings. The van der Waals surface area contributed by atoms with Crippen molar-refractivity contribution in [2.45, 2.75) is 26.9 Å². The van der Waals surface area contributed by atoms with Crippen molar-refractivity contribution in [1.29, 1.82) is 0 Å². The SMILES string of the molecule is Cc1cc(C(=O)c2cccs2)ccc1OC(C)C. The Bertz CT molecular complexity index is 542. The summed E-state index contributed by atoms with van der Waals surface area (Å²) in [6.07, 6.45) is 0.141. The first-order chi connectivity index (χ1) is 8.58. The highest BCUT2D eigenvalue weighted by Gasteiger charge is 2.12. The van der Waals surface area contributed by atoms with E-state index in [9.17, 15) is 4.79 Å². The molecular formula is C15H16O2S. The predicted octanol–water partition coefficient (Wildman–Crippen LogP) is 4.07. The van der Waals surface area contributed by atoms with Gasteiger partial charge in [0.05, 0.1) is 11.0 Å². The van der Waals surface area contributed by atoms with Crippen LogP contribution in [0.5, 0.6) is 5.75 Å². The van der Waals surface area contributed by atoms with Gasteiger partial charge in [0.25, 0.3) is 0 Å². The van der Waals surface area contributed by atoms with Gasteiger partial charge in [0.1, 0.15) is 5.75 Å². The lowest BCUT2D eigenvalue weighted by atomic mass is 10.1. The van der Waals surface area contributed by atoms with Crippen LogP contribution in [0.25, 0.3) is 0 Å². The number of thiophene rings is 1. The quantitative estimate of drug-likeness (QED) is 0.774. The first kappa shape index (κ1) is 12.8. The maximum absolute atomic E-state index is 12.2. The molecule has 0 saturated heterocycles. The average molecular weight is 260 g/mol. The van der Waals surface area contributed by atoms with E-state index in [1.807, 2.05) is 56.5 Å². The second-order valence-electron chi connectivity index (χ2n) is 4.45. The number of benzene rings is 1. The summed E-state index contributed by atoms with van der Waals surface area (Å²) >= 11 is 1.47. The highest BCUT2D eigenvalue weighted by atomic mass is 32.1. The normalized spacial score (nSPS) is 10.7. The summed E-state index contributed by atoms with van der Waals surface area (Å²) < 4.78 is 5.66. The molecule has 2 aromatic rings. The lowest BCUT2D eigenvalue weighted by Gasteiger charge is -2.12. The smallest absolute Gasteiger partial charge is 0.202 e. The van der Waals surface area contributed by atoms with Gasteiger partial charge in [-0.05, 0) is 56.0 Å². The van der Waals surface area contributed by atoms with Crippen molar-refractivity contribution < 1.29 is 9.53 Å². The Balaban J connectivity index is 2.26. The molecule has 0 saturated carbocycles. The molecule has 0 bridgehead atoms. The molecule has 2 rings (SSSR count). The summed E-state index contributed by atoms with van der Waals surface area (Å²) in [6.45, 7) is 5.94. The number of ether oxygens (including phenoxy) is 1. The topological polar surface area (TPSA) is 26.3 Å². The van der Waals surface area contributed by atoms with Gasteiger partial charge in [0.15, 0.2) is 0 Å². The van der Waals surface area contributed by atoms with Crippen LogP contribution in [0.15, 0.2) is 35.7 Å².